The summed E-state index contributed by atoms with van der Waals surface area (Å²) in [5, 5.41) is 430. The van der Waals surface area contributed by atoms with Crippen LogP contribution in [0.1, 0.15) is 0 Å². The van der Waals surface area contributed by atoms with Gasteiger partial charge in [-0.05, 0) is 0 Å². The summed E-state index contributed by atoms with van der Waals surface area (Å²) in [4.78, 5) is 0. The summed E-state index contributed by atoms with van der Waals surface area (Å²) < 4.78 is 0. The highest BCUT2D eigenvalue weighted by molar-refractivity contribution is 6.34. The van der Waals surface area contributed by atoms with Crippen LogP contribution in [-0.4, -0.2) is 448 Å². The summed E-state index contributed by atoms with van der Waals surface area (Å²) in [5.41, 5.74) is 0. The van der Waals surface area contributed by atoms with Gasteiger partial charge in [-0.2, -0.15) is 0 Å². The molecule has 0 aromatic rings. The lowest BCUT2D eigenvalue weighted by atomic mass is 10.3. The Morgan fingerprint density at radius 3 is 0.0500 bits per heavy atom. The largest absolute Gasteiger partial charge is 0.631 e. The first-order valence-electron chi connectivity index (χ1n) is 15.5. The first kappa shape index (κ1) is 138. The first-order chi connectivity index (χ1) is 34.6. The smallest absolute Gasteiger partial charge is 0.402 e. The van der Waals surface area contributed by atoms with Crippen molar-refractivity contribution >= 4 is 146 Å². The predicted molar refractivity (Wildman–Crippen MR) is 248 cm³/mol. The van der Waals surface area contributed by atoms with Crippen LogP contribution in [0.15, 0.2) is 0 Å². The van der Waals surface area contributed by atoms with E-state index in [0.717, 1.165) is 0 Å². The zero-order valence-electron chi connectivity index (χ0n) is 38.4. The van der Waals surface area contributed by atoms with E-state index in [2.05, 4.69) is 0 Å². The average molecular weight is 1240 g/mol. The number of rotatable bonds is 0. The lowest BCUT2D eigenvalue weighted by Gasteiger charge is -1.69. The van der Waals surface area contributed by atoms with E-state index in [4.69, 9.17) is 301 Å². The third kappa shape index (κ3) is 365000. The summed E-state index contributed by atoms with van der Waals surface area (Å²) in [6.45, 7) is 0. The minimum atomic E-state index is -2.17. The van der Waals surface area contributed by atoms with Crippen LogP contribution in [0.3, 0.4) is 0 Å². The highest BCUT2D eigenvalue weighted by Crippen LogP contribution is 1.47. The van der Waals surface area contributed by atoms with Gasteiger partial charge in [0.2, 0.25) is 0 Å². The molecule has 0 saturated carbocycles. The van der Waals surface area contributed by atoms with Gasteiger partial charge in [0, 0.05) is 0 Å². The molecule has 0 unspecified atom stereocenters. The van der Waals surface area contributed by atoms with Crippen LogP contribution in [0.4, 0.5) is 0 Å². The second-order valence-electron chi connectivity index (χ2n) is 6.93. The van der Waals surface area contributed by atoms with E-state index in [1.165, 1.54) is 0 Å². The quantitative estimate of drug-likeness (QED) is 0.100. The van der Waals surface area contributed by atoms with Gasteiger partial charge in [-0.1, -0.05) is 0 Å². The van der Waals surface area contributed by atoms with Crippen molar-refractivity contribution in [1.29, 1.82) is 0 Å². The standard InChI is InChI=1S/20BH3O3/c20*2-1(3)4/h20*2-4H. The first-order valence-corrected chi connectivity index (χ1v) is 15.5. The fourth-order valence-electron chi connectivity index (χ4n) is 0. The lowest BCUT2D eigenvalue weighted by Crippen LogP contribution is -2.07. The molecule has 0 atom stereocenters. The molecule has 0 spiro atoms. The van der Waals surface area contributed by atoms with Gasteiger partial charge in [0.05, 0.1) is 0 Å². The Morgan fingerprint density at radius 2 is 0.0500 bits per heavy atom. The molecule has 0 aliphatic rings. The maximum Gasteiger partial charge on any atom is 0.631 e. The van der Waals surface area contributed by atoms with E-state index in [1.54, 1.807) is 0 Å². The molecule has 0 amide bonds. The normalized spacial score (nSPS) is 6.75. The Hall–Kier alpha value is -1.10. The van der Waals surface area contributed by atoms with Crippen molar-refractivity contribution in [1.82, 2.24) is 0 Å². The SMILES string of the molecule is OB(O)O.OB(O)O.OB(O)O.OB(O)O.OB(O)O.OB(O)O.OB(O)O.OB(O)O.OB(O)O.OB(O)O.OB(O)O.OB(O)O.OB(O)O.OB(O)O.OB(O)O.OB(O)O.OB(O)O.OB(O)O.OB(O)O.OB(O)O. The van der Waals surface area contributed by atoms with Crippen LogP contribution >= 0.6 is 0 Å². The van der Waals surface area contributed by atoms with E-state index in [-0.39, 0.29) is 0 Å². The maximum absolute atomic E-state index is 7.17. The average Bonchev–Trinajstić information content (AvgIpc) is 2.99. The molecule has 0 aromatic heterocycles. The van der Waals surface area contributed by atoms with Crippen LogP contribution in [0, 0.1) is 0 Å². The molecule has 0 aliphatic heterocycles. The molecule has 0 fully saturated rings. The van der Waals surface area contributed by atoms with Crippen molar-refractivity contribution in [3.8, 4) is 0 Å². The van der Waals surface area contributed by atoms with Gasteiger partial charge >= 0.3 is 146 Å². The van der Waals surface area contributed by atoms with E-state index in [0.29, 0.717) is 0 Å². The van der Waals surface area contributed by atoms with Gasteiger partial charge in [0.25, 0.3) is 0 Å². The number of hydrogen-bond acceptors (Lipinski definition) is 60. The van der Waals surface area contributed by atoms with E-state index >= 15 is 0 Å². The zero-order chi connectivity index (χ0) is 71.5. The molecule has 80 heteroatoms. The van der Waals surface area contributed by atoms with Gasteiger partial charge in [-0.3, -0.25) is 0 Å². The molecule has 0 heterocycles. The second kappa shape index (κ2) is 133. The fourth-order valence-corrected chi connectivity index (χ4v) is 0. The molecule has 60 N–H and O–H groups in total. The predicted octanol–water partition coefficient (Wildman–Crippen LogP) is -41.0. The molecular weight excluding hydrogens is 1180 g/mol. The van der Waals surface area contributed by atoms with Crippen LogP contribution in [0.5, 0.6) is 0 Å². The highest BCUT2D eigenvalue weighted by atomic mass is 16.6. The topological polar surface area (TPSA) is 1210 Å². The van der Waals surface area contributed by atoms with Crippen LogP contribution in [0.25, 0.3) is 0 Å². The summed E-state index contributed by atoms with van der Waals surface area (Å²) in [7, 11) is -43.3. The molecule has 480 valence electrons. The molecule has 0 aliphatic carbocycles. The molecule has 0 saturated heterocycles. The van der Waals surface area contributed by atoms with Crippen LogP contribution in [0.2, 0.25) is 0 Å². The summed E-state index contributed by atoms with van der Waals surface area (Å²) in [6.07, 6.45) is 0. The second-order valence-corrected chi connectivity index (χ2v) is 6.93. The van der Waals surface area contributed by atoms with Crippen LogP contribution < -0.4 is 0 Å². The molecule has 0 radical (unpaired) electrons. The van der Waals surface area contributed by atoms with Gasteiger partial charge in [-0.25, -0.2) is 0 Å². The Kier molecular flexibility index (Phi) is 229. The Bertz CT molecular complexity index is 419. The molecule has 60 nitrogen and oxygen atoms in total. The van der Waals surface area contributed by atoms with Gasteiger partial charge < -0.3 is 301 Å². The highest BCUT2D eigenvalue weighted by Gasteiger charge is 1.99. The molecule has 0 bridgehead atoms. The van der Waals surface area contributed by atoms with Crippen molar-refractivity contribution < 1.29 is 301 Å². The maximum atomic E-state index is 7.17. The molecule has 80 heavy (non-hydrogen) atoms. The summed E-state index contributed by atoms with van der Waals surface area (Å²) >= 11 is 0. The van der Waals surface area contributed by atoms with Gasteiger partial charge in [0.15, 0.2) is 0 Å². The zero-order valence-corrected chi connectivity index (χ0v) is 38.4. The van der Waals surface area contributed by atoms with Crippen molar-refractivity contribution in [2.45, 2.75) is 0 Å². The monoisotopic (exact) mass is 1240 g/mol. The van der Waals surface area contributed by atoms with Crippen molar-refractivity contribution in [3.63, 3.8) is 0 Å². The fraction of sp³-hybridized carbons (Fsp3) is 0. The molecule has 0 aromatic carbocycles. The van der Waals surface area contributed by atoms with Crippen molar-refractivity contribution in [3.05, 3.63) is 0 Å². The van der Waals surface area contributed by atoms with E-state index in [9.17, 15) is 0 Å². The molecule has 0 rings (SSSR count). The summed E-state index contributed by atoms with van der Waals surface area (Å²) in [6, 6.07) is 0. The Balaban J connectivity index is -0.0000000263. The Morgan fingerprint density at radius 1 is 0.0500 bits per heavy atom. The van der Waals surface area contributed by atoms with Crippen LogP contribution in [-0.2, 0) is 0 Å². The Labute approximate surface area is 448 Å². The minimum absolute atomic E-state index is 2.17. The third-order valence-corrected chi connectivity index (χ3v) is 0. The van der Waals surface area contributed by atoms with Crippen molar-refractivity contribution in [2.24, 2.45) is 0 Å². The summed E-state index contributed by atoms with van der Waals surface area (Å²) in [5.74, 6) is 0. The van der Waals surface area contributed by atoms with E-state index < -0.39 is 146 Å². The van der Waals surface area contributed by atoms with Gasteiger partial charge in [0.1, 0.15) is 0 Å². The minimum Gasteiger partial charge on any atom is -0.402 e. The molecular formula is H60B20O60. The lowest BCUT2D eigenvalue weighted by molar-refractivity contribution is 0.276. The van der Waals surface area contributed by atoms with Gasteiger partial charge in [-0.15, -0.1) is 0 Å². The number of hydrogen-bond donors (Lipinski definition) is 60. The third-order valence-electron chi connectivity index (χ3n) is 0. The van der Waals surface area contributed by atoms with Crippen molar-refractivity contribution in [2.75, 3.05) is 0 Å². The van der Waals surface area contributed by atoms with E-state index in [1.807, 2.05) is 0 Å².